The zero-order valence-electron chi connectivity index (χ0n) is 16.5. The van der Waals surface area contributed by atoms with Crippen LogP contribution in [-0.2, 0) is 11.3 Å². The molecule has 3 aromatic rings. The molecule has 1 saturated heterocycles. The van der Waals surface area contributed by atoms with Crippen LogP contribution in [0.2, 0.25) is 5.02 Å². The van der Waals surface area contributed by atoms with E-state index in [2.05, 4.69) is 16.1 Å². The summed E-state index contributed by atoms with van der Waals surface area (Å²) in [5.74, 6) is 0.333. The van der Waals surface area contributed by atoms with Gasteiger partial charge in [-0.2, -0.15) is 10.4 Å². The SMILES string of the molecule is N#Cc1ccc2c(cnn2CC23CC(C(=O)N4CCC4c4ccc(Cl)cc4)(C2)C3)c1. The summed E-state index contributed by atoms with van der Waals surface area (Å²) in [5.41, 5.74) is 2.94. The number of hydrogen-bond acceptors (Lipinski definition) is 3. The zero-order valence-corrected chi connectivity index (χ0v) is 17.3. The van der Waals surface area contributed by atoms with E-state index < -0.39 is 0 Å². The van der Waals surface area contributed by atoms with E-state index in [1.165, 1.54) is 5.56 Å². The highest BCUT2D eigenvalue weighted by molar-refractivity contribution is 6.30. The maximum absolute atomic E-state index is 13.3. The van der Waals surface area contributed by atoms with Gasteiger partial charge < -0.3 is 4.90 Å². The summed E-state index contributed by atoms with van der Waals surface area (Å²) in [7, 11) is 0. The Kier molecular flexibility index (Phi) is 3.65. The van der Waals surface area contributed by atoms with Crippen LogP contribution in [0.25, 0.3) is 10.9 Å². The van der Waals surface area contributed by atoms with Crippen LogP contribution in [0.1, 0.15) is 42.9 Å². The summed E-state index contributed by atoms with van der Waals surface area (Å²) < 4.78 is 2.05. The predicted octanol–water partition coefficient (Wildman–Crippen LogP) is 4.71. The first kappa shape index (κ1) is 18.0. The second kappa shape index (κ2) is 6.09. The third-order valence-corrected chi connectivity index (χ3v) is 7.64. The molecular formula is C24H21ClN4O. The van der Waals surface area contributed by atoms with Crippen molar-refractivity contribution < 1.29 is 4.79 Å². The minimum Gasteiger partial charge on any atom is -0.335 e. The van der Waals surface area contributed by atoms with E-state index in [0.717, 1.165) is 54.7 Å². The molecule has 6 heteroatoms. The molecule has 2 bridgehead atoms. The minimum absolute atomic E-state index is 0.151. The van der Waals surface area contributed by atoms with Gasteiger partial charge in [-0.1, -0.05) is 23.7 Å². The molecule has 2 aromatic carbocycles. The summed E-state index contributed by atoms with van der Waals surface area (Å²) in [6.45, 7) is 1.70. The molecule has 3 saturated carbocycles. The molecule has 4 aliphatic rings. The van der Waals surface area contributed by atoms with Crippen molar-refractivity contribution in [3.63, 3.8) is 0 Å². The molecular weight excluding hydrogens is 396 g/mol. The van der Waals surface area contributed by atoms with E-state index in [1.54, 1.807) is 0 Å². The van der Waals surface area contributed by atoms with Gasteiger partial charge in [0.25, 0.3) is 0 Å². The molecule has 2 heterocycles. The van der Waals surface area contributed by atoms with Gasteiger partial charge >= 0.3 is 0 Å². The fourth-order valence-corrected chi connectivity index (χ4v) is 6.09. The van der Waals surface area contributed by atoms with E-state index in [9.17, 15) is 4.79 Å². The maximum atomic E-state index is 13.3. The lowest BCUT2D eigenvalue weighted by Gasteiger charge is -2.70. The highest BCUT2D eigenvalue weighted by Crippen LogP contribution is 2.75. The van der Waals surface area contributed by atoms with Crippen LogP contribution < -0.4 is 0 Å². The standard InChI is InChI=1S/C24H21ClN4O/c25-19-4-2-17(3-5-19)20-7-8-28(20)22(30)24-12-23(13-24,14-24)15-29-21-6-1-16(10-26)9-18(21)11-27-29/h1-6,9,11,20H,7-8,12-15H2. The third kappa shape index (κ3) is 2.47. The predicted molar refractivity (Wildman–Crippen MR) is 114 cm³/mol. The Morgan fingerprint density at radius 2 is 1.97 bits per heavy atom. The molecule has 0 N–H and O–H groups in total. The molecule has 1 unspecified atom stereocenters. The number of carbonyl (C=O) groups is 1. The van der Waals surface area contributed by atoms with Gasteiger partial charge in [0.2, 0.25) is 5.91 Å². The fourth-order valence-electron chi connectivity index (χ4n) is 5.96. The van der Waals surface area contributed by atoms with Crippen molar-refractivity contribution in [3.8, 4) is 6.07 Å². The van der Waals surface area contributed by atoms with E-state index in [4.69, 9.17) is 16.9 Å². The molecule has 7 rings (SSSR count). The Morgan fingerprint density at radius 3 is 2.63 bits per heavy atom. The maximum Gasteiger partial charge on any atom is 0.229 e. The Morgan fingerprint density at radius 1 is 1.20 bits per heavy atom. The van der Waals surface area contributed by atoms with Crippen molar-refractivity contribution in [3.05, 3.63) is 64.8 Å². The van der Waals surface area contributed by atoms with Crippen LogP contribution in [0.15, 0.2) is 48.7 Å². The number of hydrogen-bond donors (Lipinski definition) is 0. The van der Waals surface area contributed by atoms with Gasteiger partial charge in [0.05, 0.1) is 34.8 Å². The Labute approximate surface area is 179 Å². The highest BCUT2D eigenvalue weighted by Gasteiger charge is 2.72. The van der Waals surface area contributed by atoms with E-state index in [-0.39, 0.29) is 16.9 Å². The van der Waals surface area contributed by atoms with E-state index >= 15 is 0 Å². The first-order chi connectivity index (χ1) is 14.5. The summed E-state index contributed by atoms with van der Waals surface area (Å²) >= 11 is 6.01. The topological polar surface area (TPSA) is 61.9 Å². The number of carbonyl (C=O) groups excluding carboxylic acids is 1. The molecule has 4 fully saturated rings. The van der Waals surface area contributed by atoms with Crippen molar-refractivity contribution in [2.75, 3.05) is 6.54 Å². The number of aromatic nitrogens is 2. The van der Waals surface area contributed by atoms with E-state index in [1.807, 2.05) is 53.3 Å². The quantitative estimate of drug-likeness (QED) is 0.619. The van der Waals surface area contributed by atoms with Gasteiger partial charge in [0, 0.05) is 23.5 Å². The van der Waals surface area contributed by atoms with Gasteiger partial charge in [-0.05, 0) is 67.0 Å². The molecule has 0 spiro atoms. The average molecular weight is 417 g/mol. The molecule has 5 nitrogen and oxygen atoms in total. The lowest BCUT2D eigenvalue weighted by atomic mass is 9.34. The molecule has 30 heavy (non-hydrogen) atoms. The minimum atomic E-state index is -0.151. The Balaban J connectivity index is 1.14. The molecule has 3 aliphatic carbocycles. The third-order valence-electron chi connectivity index (χ3n) is 7.39. The number of nitriles is 1. The number of amides is 1. The number of benzene rings is 2. The summed E-state index contributed by atoms with van der Waals surface area (Å²) in [5, 5.41) is 15.4. The van der Waals surface area contributed by atoms with Gasteiger partial charge in [-0.15, -0.1) is 0 Å². The number of halogens is 1. The average Bonchev–Trinajstić information content (AvgIpc) is 3.06. The number of rotatable bonds is 4. The van der Waals surface area contributed by atoms with Crippen molar-refractivity contribution in [2.24, 2.45) is 10.8 Å². The smallest absolute Gasteiger partial charge is 0.229 e. The van der Waals surface area contributed by atoms with Crippen molar-refractivity contribution in [2.45, 2.75) is 38.3 Å². The zero-order chi connectivity index (χ0) is 20.5. The van der Waals surface area contributed by atoms with Gasteiger partial charge in [0.15, 0.2) is 0 Å². The first-order valence-electron chi connectivity index (χ1n) is 10.4. The van der Waals surface area contributed by atoms with Crippen molar-refractivity contribution in [1.82, 2.24) is 14.7 Å². The van der Waals surface area contributed by atoms with Gasteiger partial charge in [-0.25, -0.2) is 0 Å². The first-order valence-corrected chi connectivity index (χ1v) is 10.8. The van der Waals surface area contributed by atoms with Crippen LogP contribution in [0.5, 0.6) is 0 Å². The largest absolute Gasteiger partial charge is 0.335 e. The molecule has 0 radical (unpaired) electrons. The van der Waals surface area contributed by atoms with Crippen LogP contribution in [0.4, 0.5) is 0 Å². The fraction of sp³-hybridized carbons (Fsp3) is 0.375. The van der Waals surface area contributed by atoms with Crippen LogP contribution in [0.3, 0.4) is 0 Å². The number of fused-ring (bicyclic) bond motifs is 1. The molecule has 1 atom stereocenters. The highest BCUT2D eigenvalue weighted by atomic mass is 35.5. The number of nitrogens with zero attached hydrogens (tertiary/aromatic N) is 4. The molecule has 1 amide bonds. The van der Waals surface area contributed by atoms with Crippen LogP contribution in [0, 0.1) is 22.2 Å². The van der Waals surface area contributed by atoms with Crippen molar-refractivity contribution in [1.29, 1.82) is 5.26 Å². The lowest BCUT2D eigenvalue weighted by Crippen LogP contribution is -2.70. The Hall–Kier alpha value is -2.84. The van der Waals surface area contributed by atoms with E-state index in [0.29, 0.717) is 11.5 Å². The lowest BCUT2D eigenvalue weighted by molar-refractivity contribution is -0.227. The summed E-state index contributed by atoms with van der Waals surface area (Å²) in [6.07, 6.45) is 5.73. The summed E-state index contributed by atoms with van der Waals surface area (Å²) in [4.78, 5) is 15.4. The van der Waals surface area contributed by atoms with Gasteiger partial charge in [-0.3, -0.25) is 9.48 Å². The van der Waals surface area contributed by atoms with Crippen LogP contribution in [-0.4, -0.2) is 27.1 Å². The van der Waals surface area contributed by atoms with Crippen LogP contribution >= 0.6 is 11.6 Å². The second-order valence-electron chi connectivity index (χ2n) is 9.35. The number of likely N-dealkylation sites (tertiary alicyclic amines) is 1. The second-order valence-corrected chi connectivity index (χ2v) is 9.79. The van der Waals surface area contributed by atoms with Crippen molar-refractivity contribution >= 4 is 28.4 Å². The molecule has 1 aromatic heterocycles. The summed E-state index contributed by atoms with van der Waals surface area (Å²) in [6, 6.07) is 16.0. The molecule has 1 aliphatic heterocycles. The monoisotopic (exact) mass is 416 g/mol. The molecule has 150 valence electrons. The Bertz CT molecular complexity index is 1200. The normalized spacial score (nSPS) is 28.9. The van der Waals surface area contributed by atoms with Gasteiger partial charge in [0.1, 0.15) is 0 Å².